The molecule has 3 rings (SSSR count). The quantitative estimate of drug-likeness (QED) is 0.859. The third-order valence-electron chi connectivity index (χ3n) is 4.29. The van der Waals surface area contributed by atoms with E-state index >= 15 is 0 Å². The van der Waals surface area contributed by atoms with Crippen LogP contribution in [-0.4, -0.2) is 41.5 Å². The molecule has 2 heterocycles. The molecule has 1 N–H and O–H groups in total. The van der Waals surface area contributed by atoms with E-state index in [1.807, 2.05) is 18.3 Å². The Morgan fingerprint density at radius 1 is 1.35 bits per heavy atom. The maximum absolute atomic E-state index is 12.4. The topological polar surface area (TPSA) is 54.5 Å². The van der Waals surface area contributed by atoms with Crippen molar-refractivity contribution in [2.75, 3.05) is 13.1 Å². The van der Waals surface area contributed by atoms with E-state index in [-0.39, 0.29) is 17.7 Å². The minimum Gasteiger partial charge on any atom is -0.435 e. The number of likely N-dealkylation sites (tertiary alicyclic amines) is 1. The highest BCUT2D eigenvalue weighted by Crippen LogP contribution is 2.17. The number of nitrogens with zero attached hydrogens (tertiary/aromatic N) is 2. The number of ether oxygens (including phenoxy) is 1. The lowest BCUT2D eigenvalue weighted by atomic mass is 10.0. The zero-order chi connectivity index (χ0) is 18.4. The number of nitrogens with one attached hydrogen (secondary N) is 1. The summed E-state index contributed by atoms with van der Waals surface area (Å²) in [6, 6.07) is 9.81. The van der Waals surface area contributed by atoms with Crippen LogP contribution in [0.15, 0.2) is 48.8 Å². The first kappa shape index (κ1) is 18.3. The van der Waals surface area contributed by atoms with Crippen molar-refractivity contribution in [3.63, 3.8) is 0 Å². The van der Waals surface area contributed by atoms with Gasteiger partial charge in [0.15, 0.2) is 0 Å². The molecule has 0 spiro atoms. The molecule has 1 aromatic carbocycles. The molecule has 1 aliphatic heterocycles. The normalized spacial score (nSPS) is 17.9. The molecule has 1 aliphatic rings. The van der Waals surface area contributed by atoms with Gasteiger partial charge in [-0.3, -0.25) is 14.7 Å². The summed E-state index contributed by atoms with van der Waals surface area (Å²) in [6.45, 7) is -0.405. The van der Waals surface area contributed by atoms with Gasteiger partial charge < -0.3 is 10.1 Å². The molecular formula is C19H21F2N3O2. The number of pyridine rings is 1. The van der Waals surface area contributed by atoms with Crippen LogP contribution in [0.25, 0.3) is 0 Å². The summed E-state index contributed by atoms with van der Waals surface area (Å²) in [5.41, 5.74) is 1.45. The van der Waals surface area contributed by atoms with Crippen molar-refractivity contribution in [3.05, 3.63) is 59.9 Å². The van der Waals surface area contributed by atoms with Crippen LogP contribution in [0.5, 0.6) is 5.75 Å². The summed E-state index contributed by atoms with van der Waals surface area (Å²) in [7, 11) is 0. The molecule has 138 valence electrons. The van der Waals surface area contributed by atoms with Crippen LogP contribution in [0.4, 0.5) is 8.78 Å². The molecule has 1 atom stereocenters. The number of hydrogen-bond donors (Lipinski definition) is 1. The second-order valence-electron chi connectivity index (χ2n) is 6.32. The van der Waals surface area contributed by atoms with Gasteiger partial charge in [0.2, 0.25) is 0 Å². The number of amides is 1. The molecule has 0 unspecified atom stereocenters. The third-order valence-corrected chi connectivity index (χ3v) is 4.29. The van der Waals surface area contributed by atoms with Gasteiger partial charge >= 0.3 is 6.61 Å². The molecule has 26 heavy (non-hydrogen) atoms. The van der Waals surface area contributed by atoms with E-state index in [0.717, 1.165) is 38.0 Å². The lowest BCUT2D eigenvalue weighted by Gasteiger charge is -2.33. The molecule has 5 nitrogen and oxygen atoms in total. The Morgan fingerprint density at radius 3 is 3.00 bits per heavy atom. The summed E-state index contributed by atoms with van der Waals surface area (Å²) < 4.78 is 29.0. The largest absolute Gasteiger partial charge is 0.435 e. The average molecular weight is 361 g/mol. The van der Waals surface area contributed by atoms with E-state index in [1.54, 1.807) is 12.3 Å². The maximum Gasteiger partial charge on any atom is 0.387 e. The lowest BCUT2D eigenvalue weighted by molar-refractivity contribution is -0.0498. The molecule has 1 aromatic heterocycles. The smallest absolute Gasteiger partial charge is 0.387 e. The number of aromatic nitrogens is 1. The van der Waals surface area contributed by atoms with Crippen LogP contribution in [0.1, 0.15) is 28.8 Å². The number of rotatable bonds is 6. The fourth-order valence-corrected chi connectivity index (χ4v) is 3.15. The number of piperidine rings is 1. The SMILES string of the molecule is O=C(N[C@H]1CCCN(Cc2cccnc2)C1)c1cccc(OC(F)F)c1. The molecule has 0 saturated carbocycles. The maximum atomic E-state index is 12.4. The van der Waals surface area contributed by atoms with Gasteiger partial charge in [0.25, 0.3) is 5.91 Å². The first-order chi connectivity index (χ1) is 12.6. The van der Waals surface area contributed by atoms with Gasteiger partial charge in [0.05, 0.1) is 0 Å². The predicted octanol–water partition coefficient (Wildman–Crippen LogP) is 3.08. The number of carbonyl (C=O) groups is 1. The Balaban J connectivity index is 1.57. The summed E-state index contributed by atoms with van der Waals surface area (Å²) in [5.74, 6) is -0.299. The van der Waals surface area contributed by atoms with Crippen molar-refractivity contribution in [1.82, 2.24) is 15.2 Å². The Hall–Kier alpha value is -2.54. The average Bonchev–Trinajstić information content (AvgIpc) is 2.62. The minimum atomic E-state index is -2.91. The van der Waals surface area contributed by atoms with Crippen LogP contribution < -0.4 is 10.1 Å². The molecule has 2 aromatic rings. The highest BCUT2D eigenvalue weighted by Gasteiger charge is 2.22. The van der Waals surface area contributed by atoms with Crippen molar-refractivity contribution in [3.8, 4) is 5.75 Å². The van der Waals surface area contributed by atoms with Crippen LogP contribution in [0.3, 0.4) is 0 Å². The Morgan fingerprint density at radius 2 is 2.23 bits per heavy atom. The Bertz CT molecular complexity index is 728. The number of hydrogen-bond acceptors (Lipinski definition) is 4. The molecule has 1 fully saturated rings. The van der Waals surface area contributed by atoms with E-state index in [2.05, 4.69) is 19.9 Å². The third kappa shape index (κ3) is 5.23. The zero-order valence-corrected chi connectivity index (χ0v) is 14.3. The summed E-state index contributed by atoms with van der Waals surface area (Å²) in [4.78, 5) is 18.8. The number of carbonyl (C=O) groups excluding carboxylic acids is 1. The highest BCUT2D eigenvalue weighted by molar-refractivity contribution is 5.94. The first-order valence-corrected chi connectivity index (χ1v) is 8.57. The van der Waals surface area contributed by atoms with Crippen molar-refractivity contribution < 1.29 is 18.3 Å². The van der Waals surface area contributed by atoms with E-state index in [4.69, 9.17) is 0 Å². The van der Waals surface area contributed by atoms with Crippen LogP contribution in [-0.2, 0) is 6.54 Å². The van der Waals surface area contributed by atoms with Crippen molar-refractivity contribution >= 4 is 5.91 Å². The second kappa shape index (κ2) is 8.71. The van der Waals surface area contributed by atoms with Gasteiger partial charge in [-0.1, -0.05) is 12.1 Å². The van der Waals surface area contributed by atoms with Gasteiger partial charge in [-0.05, 0) is 49.2 Å². The summed E-state index contributed by atoms with van der Waals surface area (Å²) in [6.07, 6.45) is 5.47. The Labute approximate surface area is 151 Å². The summed E-state index contributed by atoms with van der Waals surface area (Å²) >= 11 is 0. The fraction of sp³-hybridized carbons (Fsp3) is 0.368. The fourth-order valence-electron chi connectivity index (χ4n) is 3.15. The second-order valence-corrected chi connectivity index (χ2v) is 6.32. The van der Waals surface area contributed by atoms with Crippen molar-refractivity contribution in [2.45, 2.75) is 32.0 Å². The van der Waals surface area contributed by atoms with Crippen molar-refractivity contribution in [2.24, 2.45) is 0 Å². The van der Waals surface area contributed by atoms with Gasteiger partial charge in [0.1, 0.15) is 5.75 Å². The Kier molecular flexibility index (Phi) is 6.12. The van der Waals surface area contributed by atoms with Gasteiger partial charge in [-0.15, -0.1) is 0 Å². The van der Waals surface area contributed by atoms with Crippen molar-refractivity contribution in [1.29, 1.82) is 0 Å². The highest BCUT2D eigenvalue weighted by atomic mass is 19.3. The molecule has 1 amide bonds. The van der Waals surface area contributed by atoms with E-state index < -0.39 is 6.61 Å². The van der Waals surface area contributed by atoms with Crippen LogP contribution >= 0.6 is 0 Å². The van der Waals surface area contributed by atoms with Crippen LogP contribution in [0, 0.1) is 0 Å². The number of halogens is 2. The van der Waals surface area contributed by atoms with E-state index in [1.165, 1.54) is 18.2 Å². The number of benzene rings is 1. The molecular weight excluding hydrogens is 340 g/mol. The van der Waals surface area contributed by atoms with Gasteiger partial charge in [-0.2, -0.15) is 8.78 Å². The van der Waals surface area contributed by atoms with E-state index in [0.29, 0.717) is 5.56 Å². The molecule has 0 aliphatic carbocycles. The zero-order valence-electron chi connectivity index (χ0n) is 14.3. The van der Waals surface area contributed by atoms with Gasteiger partial charge in [0, 0.05) is 37.1 Å². The van der Waals surface area contributed by atoms with E-state index in [9.17, 15) is 13.6 Å². The van der Waals surface area contributed by atoms with Crippen LogP contribution in [0.2, 0.25) is 0 Å². The molecule has 1 saturated heterocycles. The predicted molar refractivity (Wildman–Crippen MR) is 93.1 cm³/mol. The molecule has 7 heteroatoms. The lowest BCUT2D eigenvalue weighted by Crippen LogP contribution is -2.47. The molecule has 0 bridgehead atoms. The molecule has 0 radical (unpaired) electrons. The number of alkyl halides is 2. The standard InChI is InChI=1S/C19H21F2N3O2/c20-19(21)26-17-7-1-5-15(10-17)18(25)23-16-6-3-9-24(13-16)12-14-4-2-8-22-11-14/h1-2,4-5,7-8,10-11,16,19H,3,6,9,12-13H2,(H,23,25)/t16-/m0/s1. The minimum absolute atomic E-state index is 0.0190. The monoisotopic (exact) mass is 361 g/mol. The van der Waals surface area contributed by atoms with Gasteiger partial charge in [-0.25, -0.2) is 0 Å². The first-order valence-electron chi connectivity index (χ1n) is 8.57. The summed E-state index contributed by atoms with van der Waals surface area (Å²) in [5, 5.41) is 2.99.